The van der Waals surface area contributed by atoms with E-state index in [0.717, 1.165) is 16.3 Å². The van der Waals surface area contributed by atoms with Crippen molar-refractivity contribution in [1.82, 2.24) is 10.6 Å². The van der Waals surface area contributed by atoms with Gasteiger partial charge in [-0.3, -0.25) is 0 Å². The van der Waals surface area contributed by atoms with Crippen LogP contribution < -0.4 is 10.6 Å². The molecule has 4 unspecified atom stereocenters. The molecule has 4 heteroatoms. The summed E-state index contributed by atoms with van der Waals surface area (Å²) in [6.45, 7) is 3.49. The van der Waals surface area contributed by atoms with Gasteiger partial charge >= 0.3 is 0 Å². The fraction of sp³-hybridized carbons (Fsp3) is 0.750. The summed E-state index contributed by atoms with van der Waals surface area (Å²) in [7, 11) is 0. The third-order valence-corrected chi connectivity index (χ3v) is 6.33. The molecule has 0 bridgehead atoms. The second-order valence-electron chi connectivity index (χ2n) is 6.29. The van der Waals surface area contributed by atoms with Crippen LogP contribution in [0.15, 0.2) is 12.1 Å². The Morgan fingerprint density at radius 2 is 2.10 bits per heavy atom. The number of rotatable bonds is 4. The lowest BCUT2D eigenvalue weighted by Crippen LogP contribution is -2.47. The highest BCUT2D eigenvalue weighted by Crippen LogP contribution is 2.33. The van der Waals surface area contributed by atoms with E-state index in [0.29, 0.717) is 12.1 Å². The van der Waals surface area contributed by atoms with Gasteiger partial charge in [0.25, 0.3) is 0 Å². The molecule has 1 saturated carbocycles. The van der Waals surface area contributed by atoms with Gasteiger partial charge in [0.1, 0.15) is 0 Å². The van der Waals surface area contributed by atoms with Gasteiger partial charge in [-0.25, -0.2) is 0 Å². The summed E-state index contributed by atoms with van der Waals surface area (Å²) >= 11 is 7.77. The van der Waals surface area contributed by atoms with Gasteiger partial charge in [0, 0.05) is 23.0 Å². The third kappa shape index (κ3) is 3.38. The van der Waals surface area contributed by atoms with Gasteiger partial charge in [0.05, 0.1) is 4.34 Å². The van der Waals surface area contributed by atoms with Crippen LogP contribution in [0.4, 0.5) is 0 Å². The van der Waals surface area contributed by atoms with Gasteiger partial charge in [-0.05, 0) is 57.2 Å². The normalized spacial score (nSPS) is 32.4. The molecule has 2 aliphatic rings. The van der Waals surface area contributed by atoms with Crippen molar-refractivity contribution in [2.24, 2.45) is 5.92 Å². The molecule has 1 aliphatic carbocycles. The summed E-state index contributed by atoms with van der Waals surface area (Å²) in [5, 5.41) is 7.60. The van der Waals surface area contributed by atoms with E-state index in [4.69, 9.17) is 11.6 Å². The molecule has 2 fully saturated rings. The molecule has 2 heterocycles. The summed E-state index contributed by atoms with van der Waals surface area (Å²) in [6.07, 6.45) is 8.20. The first-order valence-electron chi connectivity index (χ1n) is 7.98. The molecular formula is C16H25ClN2S. The largest absolute Gasteiger partial charge is 0.314 e. The molecule has 3 rings (SSSR count). The Bertz CT molecular complexity index is 428. The second-order valence-corrected chi connectivity index (χ2v) is 8.03. The number of halogens is 1. The standard InChI is InChI=1S/C16H25ClN2S/c1-11(15-8-9-16(17)20-15)19-14-6-3-2-5-12(14)13-7-4-10-18-13/h8-9,11-14,18-19H,2-7,10H2,1H3. The van der Waals surface area contributed by atoms with E-state index in [-0.39, 0.29) is 0 Å². The lowest BCUT2D eigenvalue weighted by Gasteiger charge is -2.37. The highest BCUT2D eigenvalue weighted by atomic mass is 35.5. The molecule has 112 valence electrons. The lowest BCUT2D eigenvalue weighted by atomic mass is 9.79. The van der Waals surface area contributed by atoms with Gasteiger partial charge < -0.3 is 10.6 Å². The minimum absolute atomic E-state index is 0.416. The lowest BCUT2D eigenvalue weighted by molar-refractivity contribution is 0.204. The van der Waals surface area contributed by atoms with Crippen LogP contribution in [0.25, 0.3) is 0 Å². The number of thiophene rings is 1. The first kappa shape index (κ1) is 14.8. The molecule has 1 aromatic heterocycles. The molecule has 0 spiro atoms. The summed E-state index contributed by atoms with van der Waals surface area (Å²) in [4.78, 5) is 1.36. The third-order valence-electron chi connectivity index (χ3n) is 4.92. The van der Waals surface area contributed by atoms with Gasteiger partial charge in [-0.15, -0.1) is 11.3 Å². The van der Waals surface area contributed by atoms with E-state index in [9.17, 15) is 0 Å². The zero-order valence-corrected chi connectivity index (χ0v) is 13.8. The molecule has 1 aliphatic heterocycles. The minimum atomic E-state index is 0.416. The van der Waals surface area contributed by atoms with Crippen molar-refractivity contribution in [3.63, 3.8) is 0 Å². The van der Waals surface area contributed by atoms with Crippen LogP contribution in [0.2, 0.25) is 4.34 Å². The Morgan fingerprint density at radius 1 is 1.25 bits per heavy atom. The van der Waals surface area contributed by atoms with Gasteiger partial charge in [0.2, 0.25) is 0 Å². The van der Waals surface area contributed by atoms with E-state index in [1.807, 2.05) is 6.07 Å². The highest BCUT2D eigenvalue weighted by molar-refractivity contribution is 7.16. The first-order valence-corrected chi connectivity index (χ1v) is 9.18. The number of hydrogen-bond donors (Lipinski definition) is 2. The Balaban J connectivity index is 1.64. The van der Waals surface area contributed by atoms with Crippen molar-refractivity contribution in [3.05, 3.63) is 21.3 Å². The van der Waals surface area contributed by atoms with Crippen molar-refractivity contribution in [3.8, 4) is 0 Å². The average Bonchev–Trinajstić information content (AvgIpc) is 3.10. The maximum atomic E-state index is 6.06. The van der Waals surface area contributed by atoms with Crippen LogP contribution >= 0.6 is 22.9 Å². The second kappa shape index (κ2) is 6.78. The van der Waals surface area contributed by atoms with Crippen LogP contribution in [0.5, 0.6) is 0 Å². The molecule has 1 saturated heterocycles. The van der Waals surface area contributed by atoms with Gasteiger partial charge in [-0.1, -0.05) is 24.4 Å². The van der Waals surface area contributed by atoms with Crippen LogP contribution in [-0.4, -0.2) is 18.6 Å². The summed E-state index contributed by atoms with van der Waals surface area (Å²) in [6, 6.07) is 5.99. The Kier molecular flexibility index (Phi) is 5.03. The molecule has 20 heavy (non-hydrogen) atoms. The molecule has 0 amide bonds. The van der Waals surface area contributed by atoms with E-state index < -0.39 is 0 Å². The zero-order chi connectivity index (χ0) is 13.9. The molecular weight excluding hydrogens is 288 g/mol. The highest BCUT2D eigenvalue weighted by Gasteiger charge is 2.33. The average molecular weight is 313 g/mol. The zero-order valence-electron chi connectivity index (χ0n) is 12.2. The molecule has 0 radical (unpaired) electrons. The molecule has 2 N–H and O–H groups in total. The van der Waals surface area contributed by atoms with Crippen LogP contribution in [0.1, 0.15) is 56.4 Å². The van der Waals surface area contributed by atoms with Crippen LogP contribution in [0.3, 0.4) is 0 Å². The van der Waals surface area contributed by atoms with Crippen molar-refractivity contribution < 1.29 is 0 Å². The van der Waals surface area contributed by atoms with Crippen molar-refractivity contribution in [1.29, 1.82) is 0 Å². The van der Waals surface area contributed by atoms with E-state index in [1.165, 1.54) is 49.9 Å². The van der Waals surface area contributed by atoms with E-state index >= 15 is 0 Å². The maximum absolute atomic E-state index is 6.06. The quantitative estimate of drug-likeness (QED) is 0.863. The molecule has 4 atom stereocenters. The van der Waals surface area contributed by atoms with E-state index in [2.05, 4.69) is 23.6 Å². The van der Waals surface area contributed by atoms with Gasteiger partial charge in [0.15, 0.2) is 0 Å². The Hall–Kier alpha value is -0.0900. The van der Waals surface area contributed by atoms with Crippen molar-refractivity contribution in [2.75, 3.05) is 6.54 Å². The smallest absolute Gasteiger partial charge is 0.0931 e. The molecule has 1 aromatic rings. The number of hydrogen-bond acceptors (Lipinski definition) is 3. The summed E-state index contributed by atoms with van der Waals surface area (Å²) in [5.41, 5.74) is 0. The van der Waals surface area contributed by atoms with Crippen LogP contribution in [0, 0.1) is 5.92 Å². The maximum Gasteiger partial charge on any atom is 0.0931 e. The predicted molar refractivity (Wildman–Crippen MR) is 87.7 cm³/mol. The fourth-order valence-corrected chi connectivity index (χ4v) is 4.96. The van der Waals surface area contributed by atoms with E-state index in [1.54, 1.807) is 11.3 Å². The summed E-state index contributed by atoms with van der Waals surface area (Å²) in [5.74, 6) is 0.809. The Labute approximate surface area is 131 Å². The van der Waals surface area contributed by atoms with Gasteiger partial charge in [-0.2, -0.15) is 0 Å². The predicted octanol–water partition coefficient (Wildman–Crippen LogP) is 4.36. The van der Waals surface area contributed by atoms with Crippen LogP contribution in [-0.2, 0) is 0 Å². The first-order chi connectivity index (χ1) is 9.74. The number of nitrogens with one attached hydrogen (secondary N) is 2. The summed E-state index contributed by atoms with van der Waals surface area (Å²) < 4.78 is 0.895. The van der Waals surface area contributed by atoms with Crippen molar-refractivity contribution in [2.45, 2.75) is 63.6 Å². The molecule has 2 nitrogen and oxygen atoms in total. The Morgan fingerprint density at radius 3 is 2.80 bits per heavy atom. The monoisotopic (exact) mass is 312 g/mol. The fourth-order valence-electron chi connectivity index (χ4n) is 3.89. The minimum Gasteiger partial charge on any atom is -0.314 e. The topological polar surface area (TPSA) is 24.1 Å². The van der Waals surface area contributed by atoms with Crippen molar-refractivity contribution >= 4 is 22.9 Å². The SMILES string of the molecule is CC(NC1CCCCC1C1CCCN1)c1ccc(Cl)s1. The molecule has 0 aromatic carbocycles.